The number of hydrogen-bond donors (Lipinski definition) is 5. The number of carbonyl (C=O) groups excluding carboxylic acids is 2. The second-order valence-corrected chi connectivity index (χ2v) is 5.49. The number of alkyl carbamates (subject to hydrolysis) is 1. The molecule has 0 saturated carbocycles. The Balaban J connectivity index is 2.64. The Labute approximate surface area is 144 Å². The van der Waals surface area contributed by atoms with Crippen molar-refractivity contribution < 1.29 is 34.4 Å². The summed E-state index contributed by atoms with van der Waals surface area (Å²) in [5.74, 6) is -2.40. The predicted molar refractivity (Wildman–Crippen MR) is 86.5 cm³/mol. The number of aliphatic hydroxyl groups is 2. The maximum Gasteiger partial charge on any atom is 0.408 e. The lowest BCUT2D eigenvalue weighted by atomic mass is 10.1. The van der Waals surface area contributed by atoms with Gasteiger partial charge in [0.25, 0.3) is 0 Å². The van der Waals surface area contributed by atoms with Crippen LogP contribution in [0.25, 0.3) is 0 Å². The third kappa shape index (κ3) is 6.77. The molecule has 4 atom stereocenters. The van der Waals surface area contributed by atoms with E-state index in [0.717, 1.165) is 5.56 Å². The van der Waals surface area contributed by atoms with Gasteiger partial charge >= 0.3 is 12.1 Å². The molecule has 138 valence electrons. The summed E-state index contributed by atoms with van der Waals surface area (Å²) >= 11 is 0. The molecule has 1 aromatic carbocycles. The summed E-state index contributed by atoms with van der Waals surface area (Å²) in [4.78, 5) is 34.9. The summed E-state index contributed by atoms with van der Waals surface area (Å²) in [5.41, 5.74) is 0.732. The molecule has 2 amide bonds. The molecule has 0 bridgehead atoms. The molecule has 5 N–H and O–H groups in total. The minimum absolute atomic E-state index is 0.0355. The van der Waals surface area contributed by atoms with Gasteiger partial charge in [-0.25, -0.2) is 9.59 Å². The topological polar surface area (TPSA) is 145 Å². The van der Waals surface area contributed by atoms with Gasteiger partial charge in [-0.1, -0.05) is 30.3 Å². The van der Waals surface area contributed by atoms with Crippen molar-refractivity contribution in [2.75, 3.05) is 0 Å². The predicted octanol–water partition coefficient (Wildman–Crippen LogP) is -0.388. The minimum atomic E-state index is -1.57. The number of carbonyl (C=O) groups is 3. The minimum Gasteiger partial charge on any atom is -0.480 e. The molecule has 0 spiro atoms. The van der Waals surface area contributed by atoms with Crippen LogP contribution in [0.5, 0.6) is 0 Å². The molecule has 0 radical (unpaired) electrons. The highest BCUT2D eigenvalue weighted by atomic mass is 16.5. The third-order valence-electron chi connectivity index (χ3n) is 3.30. The number of aliphatic hydroxyl groups excluding tert-OH is 2. The van der Waals surface area contributed by atoms with Crippen molar-refractivity contribution in [3.63, 3.8) is 0 Å². The van der Waals surface area contributed by atoms with Crippen LogP contribution in [0.1, 0.15) is 19.4 Å². The molecular weight excluding hydrogens is 332 g/mol. The largest absolute Gasteiger partial charge is 0.480 e. The van der Waals surface area contributed by atoms with Crippen LogP contribution in [0.2, 0.25) is 0 Å². The zero-order chi connectivity index (χ0) is 19.0. The average molecular weight is 354 g/mol. The highest BCUT2D eigenvalue weighted by Gasteiger charge is 2.32. The van der Waals surface area contributed by atoms with E-state index in [2.05, 4.69) is 10.6 Å². The molecule has 9 heteroatoms. The van der Waals surface area contributed by atoms with Gasteiger partial charge in [-0.15, -0.1) is 0 Å². The Hall–Kier alpha value is -2.65. The number of benzene rings is 1. The molecule has 0 aliphatic heterocycles. The maximum atomic E-state index is 12.1. The maximum absolute atomic E-state index is 12.1. The van der Waals surface area contributed by atoms with E-state index >= 15 is 0 Å². The van der Waals surface area contributed by atoms with Crippen LogP contribution >= 0.6 is 0 Å². The molecule has 0 aliphatic carbocycles. The number of hydrogen-bond acceptors (Lipinski definition) is 6. The van der Waals surface area contributed by atoms with Crippen molar-refractivity contribution >= 4 is 18.0 Å². The molecule has 0 fully saturated rings. The van der Waals surface area contributed by atoms with Gasteiger partial charge in [0.1, 0.15) is 12.6 Å². The van der Waals surface area contributed by atoms with Gasteiger partial charge in [-0.2, -0.15) is 0 Å². The van der Waals surface area contributed by atoms with Gasteiger partial charge < -0.3 is 30.7 Å². The first-order valence-electron chi connectivity index (χ1n) is 7.59. The van der Waals surface area contributed by atoms with E-state index in [1.807, 2.05) is 0 Å². The van der Waals surface area contributed by atoms with E-state index in [1.165, 1.54) is 13.8 Å². The fourth-order valence-corrected chi connectivity index (χ4v) is 1.93. The first kappa shape index (κ1) is 20.4. The van der Waals surface area contributed by atoms with E-state index < -0.39 is 42.3 Å². The first-order chi connectivity index (χ1) is 11.7. The molecule has 25 heavy (non-hydrogen) atoms. The quantitative estimate of drug-likeness (QED) is 0.427. The summed E-state index contributed by atoms with van der Waals surface area (Å²) < 4.78 is 4.95. The third-order valence-corrected chi connectivity index (χ3v) is 3.30. The SMILES string of the molecule is C[C@H](O)[C@H](NC(=O)[C@@H](NC(=O)OCc1ccccc1)[C@H](C)O)C(=O)O. The van der Waals surface area contributed by atoms with Crippen LogP contribution in [0, 0.1) is 0 Å². The van der Waals surface area contributed by atoms with Crippen molar-refractivity contribution in [3.05, 3.63) is 35.9 Å². The lowest BCUT2D eigenvalue weighted by Gasteiger charge is -2.24. The Morgan fingerprint density at radius 3 is 2.04 bits per heavy atom. The summed E-state index contributed by atoms with van der Waals surface area (Å²) in [6.45, 7) is 2.41. The summed E-state index contributed by atoms with van der Waals surface area (Å²) in [6.07, 6.45) is -3.62. The average Bonchev–Trinajstić information content (AvgIpc) is 2.55. The van der Waals surface area contributed by atoms with Crippen LogP contribution in [-0.2, 0) is 20.9 Å². The van der Waals surface area contributed by atoms with E-state index in [-0.39, 0.29) is 6.61 Å². The highest BCUT2D eigenvalue weighted by molar-refractivity contribution is 5.89. The molecule has 1 aromatic rings. The standard InChI is InChI=1S/C16H22N2O7/c1-9(19)12(14(21)17-13(10(2)20)15(22)23)18-16(24)25-8-11-6-4-3-5-7-11/h3-7,9-10,12-13,19-20H,8H2,1-2H3,(H,17,21)(H,18,24)(H,22,23)/t9-,10-,12-,13-/m0/s1. The monoisotopic (exact) mass is 354 g/mol. The number of ether oxygens (including phenoxy) is 1. The van der Waals surface area contributed by atoms with Crippen molar-refractivity contribution in [1.82, 2.24) is 10.6 Å². The molecular formula is C16H22N2O7. The number of rotatable bonds is 8. The zero-order valence-corrected chi connectivity index (χ0v) is 13.9. The second-order valence-electron chi connectivity index (χ2n) is 5.49. The van der Waals surface area contributed by atoms with Crippen LogP contribution in [-0.4, -0.2) is 57.6 Å². The number of amides is 2. The van der Waals surface area contributed by atoms with Crippen LogP contribution in [0.15, 0.2) is 30.3 Å². The van der Waals surface area contributed by atoms with Crippen LogP contribution < -0.4 is 10.6 Å². The van der Waals surface area contributed by atoms with Gasteiger partial charge in [-0.3, -0.25) is 4.79 Å². The van der Waals surface area contributed by atoms with Gasteiger partial charge in [0.05, 0.1) is 12.2 Å². The number of carboxylic acids is 1. The molecule has 0 heterocycles. The van der Waals surface area contributed by atoms with Crippen molar-refractivity contribution in [2.24, 2.45) is 0 Å². The van der Waals surface area contributed by atoms with Gasteiger partial charge in [0, 0.05) is 0 Å². The lowest BCUT2D eigenvalue weighted by molar-refractivity contribution is -0.145. The molecule has 0 unspecified atom stereocenters. The van der Waals surface area contributed by atoms with Crippen molar-refractivity contribution in [3.8, 4) is 0 Å². The summed E-state index contributed by atoms with van der Waals surface area (Å²) in [7, 11) is 0. The smallest absolute Gasteiger partial charge is 0.408 e. The summed E-state index contributed by atoms with van der Waals surface area (Å²) in [6, 6.07) is 5.81. The fraction of sp³-hybridized carbons (Fsp3) is 0.438. The van der Waals surface area contributed by atoms with E-state index in [1.54, 1.807) is 30.3 Å². The molecule has 1 rings (SSSR count). The molecule has 0 aromatic heterocycles. The van der Waals surface area contributed by atoms with Crippen molar-refractivity contribution in [2.45, 2.75) is 44.7 Å². The second kappa shape index (κ2) is 9.60. The van der Waals surface area contributed by atoms with E-state index in [4.69, 9.17) is 9.84 Å². The highest BCUT2D eigenvalue weighted by Crippen LogP contribution is 2.02. The van der Waals surface area contributed by atoms with Gasteiger partial charge in [0.2, 0.25) is 5.91 Å². The lowest BCUT2D eigenvalue weighted by Crippen LogP contribution is -2.57. The Bertz CT molecular complexity index is 589. The van der Waals surface area contributed by atoms with Gasteiger partial charge in [-0.05, 0) is 19.4 Å². The van der Waals surface area contributed by atoms with Crippen LogP contribution in [0.4, 0.5) is 4.79 Å². The number of nitrogens with one attached hydrogen (secondary N) is 2. The van der Waals surface area contributed by atoms with Crippen LogP contribution in [0.3, 0.4) is 0 Å². The molecule has 0 aliphatic rings. The zero-order valence-electron chi connectivity index (χ0n) is 13.9. The van der Waals surface area contributed by atoms with Crippen molar-refractivity contribution in [1.29, 1.82) is 0 Å². The number of carboxylic acid groups (broad SMARTS) is 1. The summed E-state index contributed by atoms with van der Waals surface area (Å²) in [5, 5.41) is 32.2. The Kier molecular flexibility index (Phi) is 7.83. The Morgan fingerprint density at radius 2 is 1.56 bits per heavy atom. The Morgan fingerprint density at radius 1 is 1.00 bits per heavy atom. The van der Waals surface area contributed by atoms with Gasteiger partial charge in [0.15, 0.2) is 6.04 Å². The normalized spacial score (nSPS) is 15.4. The van der Waals surface area contributed by atoms with E-state index in [0.29, 0.717) is 0 Å². The number of aliphatic carboxylic acids is 1. The fourth-order valence-electron chi connectivity index (χ4n) is 1.93. The van der Waals surface area contributed by atoms with E-state index in [9.17, 15) is 24.6 Å². The first-order valence-corrected chi connectivity index (χ1v) is 7.59. The molecule has 9 nitrogen and oxygen atoms in total. The molecule has 0 saturated heterocycles.